The van der Waals surface area contributed by atoms with Gasteiger partial charge in [0.1, 0.15) is 5.75 Å². The average Bonchev–Trinajstić information content (AvgIpc) is 2.38. The molecule has 0 atom stereocenters. The molecule has 0 radical (unpaired) electrons. The van der Waals surface area contributed by atoms with Crippen LogP contribution in [0.5, 0.6) is 5.75 Å². The van der Waals surface area contributed by atoms with Gasteiger partial charge in [0.05, 0.1) is 13.0 Å². The van der Waals surface area contributed by atoms with Crippen LogP contribution in [0.25, 0.3) is 0 Å². The largest absolute Gasteiger partial charge is 0.493 e. The van der Waals surface area contributed by atoms with Crippen molar-refractivity contribution in [2.45, 2.75) is 6.42 Å². The third-order valence-corrected chi connectivity index (χ3v) is 2.10. The summed E-state index contributed by atoms with van der Waals surface area (Å²) < 4.78 is 10.0. The van der Waals surface area contributed by atoms with Gasteiger partial charge in [-0.3, -0.25) is 9.59 Å². The van der Waals surface area contributed by atoms with E-state index in [0.717, 1.165) is 0 Å². The molecule has 0 heterocycles. The number of ether oxygens (including phenoxy) is 2. The second-order valence-corrected chi connectivity index (χ2v) is 3.50. The first-order valence-corrected chi connectivity index (χ1v) is 5.46. The lowest BCUT2D eigenvalue weighted by Gasteiger charge is -2.06. The Hall–Kier alpha value is -2.24. The molecule has 0 aromatic heterocycles. The fourth-order valence-electron chi connectivity index (χ4n) is 1.11. The number of likely N-dealkylation sites (N-methyl/N-ethyl adjacent to an activating group) is 1. The first kappa shape index (κ1) is 13.8. The highest BCUT2D eigenvalue weighted by Crippen LogP contribution is 2.13. The number of carbonyl (C=O) groups is 2. The number of anilines is 1. The van der Waals surface area contributed by atoms with Gasteiger partial charge in [-0.05, 0) is 24.3 Å². The second kappa shape index (κ2) is 7.16. The van der Waals surface area contributed by atoms with E-state index in [9.17, 15) is 9.59 Å². The number of carbonyl (C=O) groups excluding carboxylic acids is 2. The van der Waals surface area contributed by atoms with E-state index < -0.39 is 5.97 Å². The normalized spacial score (nSPS) is 9.61. The van der Waals surface area contributed by atoms with Crippen molar-refractivity contribution in [2.75, 3.05) is 26.0 Å². The molecular formula is C12H16N2O4. The molecule has 0 aliphatic heterocycles. The standard InChI is InChI=1S/C12H16N2O4/c1-14-11(15)8-18-12(16)6-7-17-10-4-2-9(13)3-5-10/h2-5H,6-8,13H2,1H3,(H,14,15). The lowest BCUT2D eigenvalue weighted by molar-refractivity contribution is -0.148. The Morgan fingerprint density at radius 3 is 2.56 bits per heavy atom. The molecule has 98 valence electrons. The third kappa shape index (κ3) is 5.20. The molecular weight excluding hydrogens is 236 g/mol. The number of amides is 1. The van der Waals surface area contributed by atoms with Gasteiger partial charge in [0, 0.05) is 12.7 Å². The van der Waals surface area contributed by atoms with Crippen LogP contribution < -0.4 is 15.8 Å². The van der Waals surface area contributed by atoms with Crippen LogP contribution in [-0.2, 0) is 14.3 Å². The van der Waals surface area contributed by atoms with Crippen LogP contribution in [0, 0.1) is 0 Å². The molecule has 6 nitrogen and oxygen atoms in total. The highest BCUT2D eigenvalue weighted by molar-refractivity contribution is 5.80. The number of hydrogen-bond donors (Lipinski definition) is 2. The number of hydrogen-bond acceptors (Lipinski definition) is 5. The molecule has 6 heteroatoms. The van der Waals surface area contributed by atoms with Gasteiger partial charge in [-0.2, -0.15) is 0 Å². The van der Waals surface area contributed by atoms with Crippen molar-refractivity contribution in [2.24, 2.45) is 0 Å². The van der Waals surface area contributed by atoms with E-state index in [2.05, 4.69) is 5.32 Å². The summed E-state index contributed by atoms with van der Waals surface area (Å²) in [6.07, 6.45) is 0.0847. The Bertz CT molecular complexity index is 403. The summed E-state index contributed by atoms with van der Waals surface area (Å²) in [5.74, 6) is -0.194. The lowest BCUT2D eigenvalue weighted by atomic mass is 10.3. The molecule has 0 aliphatic carbocycles. The van der Waals surface area contributed by atoms with E-state index in [4.69, 9.17) is 15.2 Å². The zero-order chi connectivity index (χ0) is 13.4. The Balaban J connectivity index is 2.19. The van der Waals surface area contributed by atoms with E-state index in [1.54, 1.807) is 24.3 Å². The quantitative estimate of drug-likeness (QED) is 0.562. The maximum absolute atomic E-state index is 11.2. The second-order valence-electron chi connectivity index (χ2n) is 3.50. The van der Waals surface area contributed by atoms with Gasteiger partial charge >= 0.3 is 5.97 Å². The molecule has 0 unspecified atom stereocenters. The van der Waals surface area contributed by atoms with E-state index in [0.29, 0.717) is 11.4 Å². The number of esters is 1. The van der Waals surface area contributed by atoms with Gasteiger partial charge in [0.25, 0.3) is 5.91 Å². The number of nitrogens with two attached hydrogens (primary N) is 1. The maximum Gasteiger partial charge on any atom is 0.309 e. The Labute approximate surface area is 105 Å². The fourth-order valence-corrected chi connectivity index (χ4v) is 1.11. The molecule has 0 aliphatic rings. The fraction of sp³-hybridized carbons (Fsp3) is 0.333. The third-order valence-electron chi connectivity index (χ3n) is 2.10. The van der Waals surface area contributed by atoms with E-state index in [1.807, 2.05) is 0 Å². The van der Waals surface area contributed by atoms with Gasteiger partial charge in [-0.1, -0.05) is 0 Å². The van der Waals surface area contributed by atoms with Gasteiger partial charge in [-0.15, -0.1) is 0 Å². The topological polar surface area (TPSA) is 90.6 Å². The SMILES string of the molecule is CNC(=O)COC(=O)CCOc1ccc(N)cc1. The zero-order valence-electron chi connectivity index (χ0n) is 10.1. The van der Waals surface area contributed by atoms with Crippen LogP contribution in [-0.4, -0.2) is 32.1 Å². The summed E-state index contributed by atoms with van der Waals surface area (Å²) in [4.78, 5) is 22.0. The van der Waals surface area contributed by atoms with Crippen molar-refractivity contribution < 1.29 is 19.1 Å². The molecule has 0 spiro atoms. The Morgan fingerprint density at radius 1 is 1.28 bits per heavy atom. The van der Waals surface area contributed by atoms with Crippen LogP contribution in [0.2, 0.25) is 0 Å². The molecule has 0 saturated carbocycles. The van der Waals surface area contributed by atoms with Gasteiger partial charge < -0.3 is 20.5 Å². The number of nitrogen functional groups attached to an aromatic ring is 1. The molecule has 3 N–H and O–H groups in total. The van der Waals surface area contributed by atoms with Crippen LogP contribution in [0.1, 0.15) is 6.42 Å². The minimum Gasteiger partial charge on any atom is -0.493 e. The summed E-state index contributed by atoms with van der Waals surface area (Å²) in [6, 6.07) is 6.84. The van der Waals surface area contributed by atoms with Crippen LogP contribution >= 0.6 is 0 Å². The maximum atomic E-state index is 11.2. The molecule has 0 saturated heterocycles. The molecule has 1 rings (SSSR count). The van der Waals surface area contributed by atoms with Crippen LogP contribution in [0.3, 0.4) is 0 Å². The van der Waals surface area contributed by atoms with Crippen molar-refractivity contribution >= 4 is 17.6 Å². The summed E-state index contributed by atoms with van der Waals surface area (Å²) in [6.45, 7) is -0.0757. The van der Waals surface area contributed by atoms with Crippen molar-refractivity contribution in [3.05, 3.63) is 24.3 Å². The van der Waals surface area contributed by atoms with Gasteiger partial charge in [-0.25, -0.2) is 0 Å². The van der Waals surface area contributed by atoms with Gasteiger partial charge in [0.15, 0.2) is 6.61 Å². The average molecular weight is 252 g/mol. The summed E-state index contributed by atoms with van der Waals surface area (Å²) >= 11 is 0. The van der Waals surface area contributed by atoms with E-state index in [-0.39, 0.29) is 25.5 Å². The molecule has 0 fully saturated rings. The number of benzene rings is 1. The van der Waals surface area contributed by atoms with E-state index in [1.165, 1.54) is 7.05 Å². The Morgan fingerprint density at radius 2 is 1.94 bits per heavy atom. The highest BCUT2D eigenvalue weighted by Gasteiger charge is 2.06. The van der Waals surface area contributed by atoms with Crippen molar-refractivity contribution in [1.29, 1.82) is 0 Å². The molecule has 18 heavy (non-hydrogen) atoms. The minimum atomic E-state index is -0.478. The number of rotatable bonds is 6. The zero-order valence-corrected chi connectivity index (χ0v) is 10.1. The summed E-state index contributed by atoms with van der Waals surface area (Å²) in [5, 5.41) is 2.35. The minimum absolute atomic E-state index is 0.0847. The molecule has 1 aromatic rings. The lowest BCUT2D eigenvalue weighted by Crippen LogP contribution is -2.25. The van der Waals surface area contributed by atoms with Gasteiger partial charge in [0.2, 0.25) is 0 Å². The van der Waals surface area contributed by atoms with Crippen LogP contribution in [0.15, 0.2) is 24.3 Å². The number of nitrogens with one attached hydrogen (secondary N) is 1. The Kier molecular flexibility index (Phi) is 5.50. The van der Waals surface area contributed by atoms with Crippen LogP contribution in [0.4, 0.5) is 5.69 Å². The predicted molar refractivity (Wildman–Crippen MR) is 66.0 cm³/mol. The van der Waals surface area contributed by atoms with E-state index >= 15 is 0 Å². The molecule has 0 bridgehead atoms. The molecule has 1 amide bonds. The smallest absolute Gasteiger partial charge is 0.309 e. The first-order chi connectivity index (χ1) is 8.61. The van der Waals surface area contributed by atoms with Crippen molar-refractivity contribution in [1.82, 2.24) is 5.32 Å². The summed E-state index contributed by atoms with van der Waals surface area (Å²) in [5.41, 5.74) is 6.16. The summed E-state index contributed by atoms with van der Waals surface area (Å²) in [7, 11) is 1.47. The van der Waals surface area contributed by atoms with Crippen molar-refractivity contribution in [3.8, 4) is 5.75 Å². The monoisotopic (exact) mass is 252 g/mol. The molecule has 1 aromatic carbocycles. The van der Waals surface area contributed by atoms with Crippen molar-refractivity contribution in [3.63, 3.8) is 0 Å². The predicted octanol–water partition coefficient (Wildman–Crippen LogP) is 0.327. The first-order valence-electron chi connectivity index (χ1n) is 5.46. The highest BCUT2D eigenvalue weighted by atomic mass is 16.5.